The molecule has 0 radical (unpaired) electrons. The number of fused-ring (bicyclic) bond motifs is 1. The Hall–Kier alpha value is -0.0600. The minimum Gasteiger partial charge on any atom is -0.305 e. The Morgan fingerprint density at radius 1 is 1.44 bits per heavy atom. The van der Waals surface area contributed by atoms with Crippen LogP contribution in [-0.2, 0) is 12.8 Å². The maximum Gasteiger partial charge on any atom is 0.110 e. The molecule has 0 amide bonds. The molecule has 1 atom stereocenters. The molecular formula is C14H22N2S2. The number of nitrogens with zero attached hydrogens (tertiary/aromatic N) is 1. The van der Waals surface area contributed by atoms with E-state index in [2.05, 4.69) is 11.6 Å². The van der Waals surface area contributed by atoms with Crippen LogP contribution in [0.2, 0.25) is 0 Å². The van der Waals surface area contributed by atoms with Gasteiger partial charge in [-0.05, 0) is 57.0 Å². The van der Waals surface area contributed by atoms with E-state index in [1.807, 2.05) is 23.1 Å². The second-order valence-corrected chi connectivity index (χ2v) is 7.50. The van der Waals surface area contributed by atoms with Crippen LogP contribution in [0.25, 0.3) is 0 Å². The third kappa shape index (κ3) is 3.09. The van der Waals surface area contributed by atoms with E-state index in [4.69, 9.17) is 4.98 Å². The second-order valence-electron chi connectivity index (χ2n) is 5.40. The van der Waals surface area contributed by atoms with Crippen LogP contribution in [0.4, 0.5) is 0 Å². The van der Waals surface area contributed by atoms with Crippen LogP contribution < -0.4 is 5.32 Å². The smallest absolute Gasteiger partial charge is 0.110 e. The summed E-state index contributed by atoms with van der Waals surface area (Å²) in [7, 11) is 0. The summed E-state index contributed by atoms with van der Waals surface area (Å²) in [5.41, 5.74) is 1.41. The first-order chi connectivity index (χ1) is 8.86. The molecule has 0 aliphatic heterocycles. The van der Waals surface area contributed by atoms with Gasteiger partial charge in [-0.25, -0.2) is 4.98 Å². The zero-order valence-electron chi connectivity index (χ0n) is 11.1. The highest BCUT2D eigenvalue weighted by Gasteiger charge is 2.28. The molecule has 1 unspecified atom stereocenters. The summed E-state index contributed by atoms with van der Waals surface area (Å²) in [4.78, 5) is 6.47. The second kappa shape index (κ2) is 5.93. The van der Waals surface area contributed by atoms with Crippen LogP contribution in [0.3, 0.4) is 0 Å². The van der Waals surface area contributed by atoms with Crippen molar-refractivity contribution in [1.82, 2.24) is 10.3 Å². The highest BCUT2D eigenvalue weighted by Crippen LogP contribution is 2.34. The van der Waals surface area contributed by atoms with E-state index in [1.54, 1.807) is 4.88 Å². The van der Waals surface area contributed by atoms with Gasteiger partial charge in [0.15, 0.2) is 0 Å². The molecule has 1 aromatic rings. The predicted octanol–water partition coefficient (Wildman–Crippen LogP) is 3.57. The molecule has 1 fully saturated rings. The fraction of sp³-hybridized carbons (Fsp3) is 0.786. The van der Waals surface area contributed by atoms with Crippen molar-refractivity contribution in [2.24, 2.45) is 0 Å². The van der Waals surface area contributed by atoms with Gasteiger partial charge in [-0.1, -0.05) is 0 Å². The van der Waals surface area contributed by atoms with E-state index in [1.165, 1.54) is 61.4 Å². The van der Waals surface area contributed by atoms with Crippen molar-refractivity contribution in [3.05, 3.63) is 15.6 Å². The highest BCUT2D eigenvalue weighted by atomic mass is 32.2. The first-order valence-electron chi connectivity index (χ1n) is 7.10. The van der Waals surface area contributed by atoms with Crippen molar-refractivity contribution in [2.45, 2.75) is 57.0 Å². The molecule has 2 aliphatic rings. The Bertz CT molecular complexity index is 377. The van der Waals surface area contributed by atoms with Crippen LogP contribution in [0.1, 0.15) is 53.7 Å². The molecule has 100 valence electrons. The molecule has 2 aliphatic carbocycles. The summed E-state index contributed by atoms with van der Waals surface area (Å²) >= 11 is 3.93. The summed E-state index contributed by atoms with van der Waals surface area (Å²) in [5, 5.41) is 5.16. The maximum atomic E-state index is 4.90. The zero-order chi connectivity index (χ0) is 12.4. The van der Waals surface area contributed by atoms with Gasteiger partial charge in [0.1, 0.15) is 5.01 Å². The normalized spacial score (nSPS) is 20.1. The SMILES string of the molecule is CSCCCC(NC1CC1)c1nc2c(s1)CCC2. The molecular weight excluding hydrogens is 260 g/mol. The highest BCUT2D eigenvalue weighted by molar-refractivity contribution is 7.98. The molecule has 1 saturated carbocycles. The minimum absolute atomic E-state index is 0.528. The Labute approximate surface area is 118 Å². The van der Waals surface area contributed by atoms with Gasteiger partial charge in [0.25, 0.3) is 0 Å². The van der Waals surface area contributed by atoms with Gasteiger partial charge in [0.2, 0.25) is 0 Å². The van der Waals surface area contributed by atoms with Gasteiger partial charge in [0.05, 0.1) is 11.7 Å². The molecule has 0 spiro atoms. The van der Waals surface area contributed by atoms with E-state index < -0.39 is 0 Å². The number of thiazole rings is 1. The molecule has 0 bridgehead atoms. The average molecular weight is 282 g/mol. The van der Waals surface area contributed by atoms with E-state index >= 15 is 0 Å². The van der Waals surface area contributed by atoms with Crippen LogP contribution >= 0.6 is 23.1 Å². The van der Waals surface area contributed by atoms with Crippen LogP contribution in [-0.4, -0.2) is 23.0 Å². The average Bonchev–Trinajstić information content (AvgIpc) is 2.92. The molecule has 18 heavy (non-hydrogen) atoms. The molecule has 1 N–H and O–H groups in total. The third-order valence-electron chi connectivity index (χ3n) is 3.77. The van der Waals surface area contributed by atoms with Crippen molar-refractivity contribution in [2.75, 3.05) is 12.0 Å². The predicted molar refractivity (Wildman–Crippen MR) is 80.7 cm³/mol. The molecule has 4 heteroatoms. The fourth-order valence-corrected chi connectivity index (χ4v) is 4.31. The van der Waals surface area contributed by atoms with Crippen molar-refractivity contribution in [3.63, 3.8) is 0 Å². The number of aromatic nitrogens is 1. The summed E-state index contributed by atoms with van der Waals surface area (Å²) in [6.45, 7) is 0. The first kappa shape index (κ1) is 12.9. The van der Waals surface area contributed by atoms with Crippen molar-refractivity contribution < 1.29 is 0 Å². The van der Waals surface area contributed by atoms with Crippen LogP contribution in [0.15, 0.2) is 0 Å². The number of thioether (sulfide) groups is 1. The molecule has 1 aromatic heterocycles. The van der Waals surface area contributed by atoms with E-state index in [0.717, 1.165) is 6.04 Å². The summed E-state index contributed by atoms with van der Waals surface area (Å²) < 4.78 is 0. The first-order valence-corrected chi connectivity index (χ1v) is 9.31. The molecule has 0 aromatic carbocycles. The Balaban J connectivity index is 1.65. The Morgan fingerprint density at radius 2 is 2.33 bits per heavy atom. The van der Waals surface area contributed by atoms with Gasteiger partial charge in [0, 0.05) is 10.9 Å². The van der Waals surface area contributed by atoms with Crippen molar-refractivity contribution in [3.8, 4) is 0 Å². The van der Waals surface area contributed by atoms with Crippen molar-refractivity contribution >= 4 is 23.1 Å². The largest absolute Gasteiger partial charge is 0.305 e. The lowest BCUT2D eigenvalue weighted by Crippen LogP contribution is -2.23. The Kier molecular flexibility index (Phi) is 4.27. The standard InChI is InChI=1S/C14H22N2S2/c1-17-9-3-5-12(15-10-7-8-10)14-16-11-4-2-6-13(11)18-14/h10,12,15H,2-9H2,1H3. The van der Waals surface area contributed by atoms with Crippen molar-refractivity contribution in [1.29, 1.82) is 0 Å². The molecule has 2 nitrogen and oxygen atoms in total. The van der Waals surface area contributed by atoms with Crippen LogP contribution in [0, 0.1) is 0 Å². The lowest BCUT2D eigenvalue weighted by molar-refractivity contribution is 0.490. The molecule has 3 rings (SSSR count). The number of hydrogen-bond acceptors (Lipinski definition) is 4. The van der Waals surface area contributed by atoms with E-state index in [-0.39, 0.29) is 0 Å². The number of aryl methyl sites for hydroxylation is 2. The zero-order valence-corrected chi connectivity index (χ0v) is 12.7. The number of rotatable bonds is 7. The lowest BCUT2D eigenvalue weighted by atomic mass is 10.1. The third-order valence-corrected chi connectivity index (χ3v) is 5.73. The Morgan fingerprint density at radius 3 is 3.06 bits per heavy atom. The topological polar surface area (TPSA) is 24.9 Å². The van der Waals surface area contributed by atoms with Gasteiger partial charge < -0.3 is 5.32 Å². The van der Waals surface area contributed by atoms with E-state index in [9.17, 15) is 0 Å². The summed E-state index contributed by atoms with van der Waals surface area (Å²) in [6.07, 6.45) is 11.3. The number of hydrogen-bond donors (Lipinski definition) is 1. The molecule has 0 saturated heterocycles. The summed E-state index contributed by atoms with van der Waals surface area (Å²) in [6, 6.07) is 1.31. The monoisotopic (exact) mass is 282 g/mol. The fourth-order valence-electron chi connectivity index (χ4n) is 2.60. The van der Waals surface area contributed by atoms with Gasteiger partial charge in [-0.15, -0.1) is 11.3 Å². The quantitative estimate of drug-likeness (QED) is 0.774. The van der Waals surface area contributed by atoms with E-state index in [0.29, 0.717) is 6.04 Å². The maximum absolute atomic E-state index is 4.90. The van der Waals surface area contributed by atoms with Gasteiger partial charge in [-0.2, -0.15) is 11.8 Å². The minimum atomic E-state index is 0.528. The molecule has 1 heterocycles. The van der Waals surface area contributed by atoms with Crippen LogP contribution in [0.5, 0.6) is 0 Å². The van der Waals surface area contributed by atoms with Gasteiger partial charge >= 0.3 is 0 Å². The lowest BCUT2D eigenvalue weighted by Gasteiger charge is -2.16. The summed E-state index contributed by atoms with van der Waals surface area (Å²) in [5.74, 6) is 1.27. The van der Waals surface area contributed by atoms with Gasteiger partial charge in [-0.3, -0.25) is 0 Å². The number of nitrogens with one attached hydrogen (secondary N) is 1.